The van der Waals surface area contributed by atoms with Crippen LogP contribution in [0.3, 0.4) is 0 Å². The van der Waals surface area contributed by atoms with E-state index >= 15 is 0 Å². The Labute approximate surface area is 194 Å². The highest BCUT2D eigenvalue weighted by Crippen LogP contribution is 2.30. The summed E-state index contributed by atoms with van der Waals surface area (Å²) < 4.78 is 1.91. The molecule has 1 fully saturated rings. The summed E-state index contributed by atoms with van der Waals surface area (Å²) in [5.74, 6) is 0.492. The third kappa shape index (κ3) is 4.46. The summed E-state index contributed by atoms with van der Waals surface area (Å²) in [7, 11) is 0. The van der Waals surface area contributed by atoms with Crippen molar-refractivity contribution in [1.29, 1.82) is 0 Å². The molecule has 6 nitrogen and oxygen atoms in total. The second-order valence-electron chi connectivity index (χ2n) is 9.24. The highest BCUT2D eigenvalue weighted by atomic mass is 16.1. The van der Waals surface area contributed by atoms with Crippen LogP contribution in [0.25, 0.3) is 28.2 Å². The molecule has 2 N–H and O–H groups in total. The Bertz CT molecular complexity index is 1300. The molecule has 2 aromatic carbocycles. The fraction of sp³-hybridized carbons (Fsp3) is 0.296. The van der Waals surface area contributed by atoms with Gasteiger partial charge in [0.15, 0.2) is 5.65 Å². The molecule has 0 radical (unpaired) electrons. The van der Waals surface area contributed by atoms with Gasteiger partial charge in [0.05, 0.1) is 23.3 Å². The van der Waals surface area contributed by atoms with Gasteiger partial charge in [-0.1, -0.05) is 50.2 Å². The Morgan fingerprint density at radius 3 is 2.58 bits per heavy atom. The molecule has 0 aliphatic heterocycles. The maximum absolute atomic E-state index is 12.4. The van der Waals surface area contributed by atoms with Crippen LogP contribution in [-0.2, 0) is 0 Å². The summed E-state index contributed by atoms with van der Waals surface area (Å²) in [4.78, 5) is 17.1. The van der Waals surface area contributed by atoms with Crippen LogP contribution in [0, 0.1) is 12.8 Å². The van der Waals surface area contributed by atoms with Crippen molar-refractivity contribution in [2.75, 3.05) is 11.9 Å². The number of fused-ring (bicyclic) bond motifs is 1. The molecule has 2 aromatic heterocycles. The molecule has 33 heavy (non-hydrogen) atoms. The highest BCUT2D eigenvalue weighted by molar-refractivity contribution is 5.95. The first kappa shape index (κ1) is 21.2. The van der Waals surface area contributed by atoms with E-state index in [9.17, 15) is 4.79 Å². The van der Waals surface area contributed by atoms with Gasteiger partial charge in [-0.3, -0.25) is 4.79 Å². The van der Waals surface area contributed by atoms with Crippen LogP contribution in [0.15, 0.2) is 60.8 Å². The summed E-state index contributed by atoms with van der Waals surface area (Å²) in [5, 5.41) is 11.6. The SMILES string of the molecule is Cc1ccccc1-c1cc(NCC(C)C)c2ncc(-c3ccc(C(=O)NC4CC4)cc3)n2n1. The number of hydrogen-bond donors (Lipinski definition) is 2. The van der Waals surface area contributed by atoms with Gasteiger partial charge in [0.2, 0.25) is 0 Å². The molecule has 1 saturated carbocycles. The van der Waals surface area contributed by atoms with E-state index in [4.69, 9.17) is 10.1 Å². The van der Waals surface area contributed by atoms with Gasteiger partial charge in [-0.25, -0.2) is 9.50 Å². The van der Waals surface area contributed by atoms with Crippen molar-refractivity contribution in [2.24, 2.45) is 5.92 Å². The molecule has 4 aromatic rings. The van der Waals surface area contributed by atoms with Gasteiger partial charge in [-0.2, -0.15) is 5.10 Å². The number of aromatic nitrogens is 3. The zero-order valence-corrected chi connectivity index (χ0v) is 19.3. The second-order valence-corrected chi connectivity index (χ2v) is 9.24. The minimum absolute atomic E-state index is 0.0117. The van der Waals surface area contributed by atoms with Gasteiger partial charge in [-0.15, -0.1) is 0 Å². The summed E-state index contributed by atoms with van der Waals surface area (Å²) in [6.45, 7) is 7.32. The van der Waals surface area contributed by atoms with E-state index in [0.29, 0.717) is 17.5 Å². The summed E-state index contributed by atoms with van der Waals surface area (Å²) in [6, 6.07) is 18.4. The maximum atomic E-state index is 12.4. The van der Waals surface area contributed by atoms with Crippen LogP contribution in [0.1, 0.15) is 42.6 Å². The fourth-order valence-corrected chi connectivity index (χ4v) is 3.89. The van der Waals surface area contributed by atoms with Crippen molar-refractivity contribution in [3.8, 4) is 22.5 Å². The number of carbonyl (C=O) groups excluding carboxylic acids is 1. The number of aryl methyl sites for hydroxylation is 1. The number of nitrogens with zero attached hydrogens (tertiary/aromatic N) is 3. The topological polar surface area (TPSA) is 71.3 Å². The molecule has 1 amide bonds. The van der Waals surface area contributed by atoms with Gasteiger partial charge < -0.3 is 10.6 Å². The lowest BCUT2D eigenvalue weighted by molar-refractivity contribution is 0.0951. The zero-order chi connectivity index (χ0) is 22.9. The summed E-state index contributed by atoms with van der Waals surface area (Å²) >= 11 is 0. The van der Waals surface area contributed by atoms with Crippen LogP contribution in [0.2, 0.25) is 0 Å². The van der Waals surface area contributed by atoms with Crippen molar-refractivity contribution in [3.63, 3.8) is 0 Å². The maximum Gasteiger partial charge on any atom is 0.251 e. The number of anilines is 1. The van der Waals surface area contributed by atoms with Crippen molar-refractivity contribution >= 4 is 17.2 Å². The smallest absolute Gasteiger partial charge is 0.251 e. The first-order valence-corrected chi connectivity index (χ1v) is 11.6. The molecule has 1 aliphatic carbocycles. The third-order valence-corrected chi connectivity index (χ3v) is 5.94. The lowest BCUT2D eigenvalue weighted by Gasteiger charge is -2.13. The van der Waals surface area contributed by atoms with Gasteiger partial charge in [-0.05, 0) is 49.4 Å². The van der Waals surface area contributed by atoms with Crippen LogP contribution >= 0.6 is 0 Å². The Hall–Kier alpha value is -3.67. The molecule has 2 heterocycles. The predicted molar refractivity (Wildman–Crippen MR) is 132 cm³/mol. The quantitative estimate of drug-likeness (QED) is 0.408. The molecule has 1 aliphatic rings. The number of imidazole rings is 1. The Kier molecular flexibility index (Phi) is 5.58. The standard InChI is InChI=1S/C27H29N5O/c1-17(2)15-28-24-14-23(22-7-5-4-6-18(22)3)31-32-25(16-29-26(24)32)19-8-10-20(11-9-19)27(33)30-21-12-13-21/h4-11,14,16-17,21,28H,12-13,15H2,1-3H3,(H,30,33). The molecule has 5 rings (SSSR count). The monoisotopic (exact) mass is 439 g/mol. The van der Waals surface area contributed by atoms with E-state index in [1.54, 1.807) is 0 Å². The number of hydrogen-bond acceptors (Lipinski definition) is 4. The van der Waals surface area contributed by atoms with Crippen LogP contribution < -0.4 is 10.6 Å². The lowest BCUT2D eigenvalue weighted by Crippen LogP contribution is -2.25. The van der Waals surface area contributed by atoms with Gasteiger partial charge >= 0.3 is 0 Å². The van der Waals surface area contributed by atoms with Crippen molar-refractivity contribution in [3.05, 3.63) is 71.9 Å². The highest BCUT2D eigenvalue weighted by Gasteiger charge is 2.24. The lowest BCUT2D eigenvalue weighted by atomic mass is 10.1. The number of amides is 1. The van der Waals surface area contributed by atoms with Crippen LogP contribution in [0.4, 0.5) is 5.69 Å². The van der Waals surface area contributed by atoms with Gasteiger partial charge in [0, 0.05) is 29.3 Å². The average molecular weight is 440 g/mol. The largest absolute Gasteiger partial charge is 0.382 e. The van der Waals surface area contributed by atoms with E-state index in [1.807, 2.05) is 47.1 Å². The minimum Gasteiger partial charge on any atom is -0.382 e. The molecule has 0 spiro atoms. The van der Waals surface area contributed by atoms with E-state index in [-0.39, 0.29) is 5.91 Å². The number of carbonyl (C=O) groups is 1. The normalized spacial score (nSPS) is 13.5. The Morgan fingerprint density at radius 1 is 1.12 bits per heavy atom. The van der Waals surface area contributed by atoms with E-state index in [2.05, 4.69) is 49.6 Å². The molecule has 0 bridgehead atoms. The molecule has 0 unspecified atom stereocenters. The zero-order valence-electron chi connectivity index (χ0n) is 19.3. The summed E-state index contributed by atoms with van der Waals surface area (Å²) in [5.41, 5.74) is 7.45. The second kappa shape index (κ2) is 8.70. The molecule has 0 saturated heterocycles. The van der Waals surface area contributed by atoms with E-state index in [0.717, 1.165) is 53.2 Å². The summed E-state index contributed by atoms with van der Waals surface area (Å²) in [6.07, 6.45) is 4.01. The van der Waals surface area contributed by atoms with Crippen LogP contribution in [-0.4, -0.2) is 33.1 Å². The first-order valence-electron chi connectivity index (χ1n) is 11.6. The number of benzene rings is 2. The van der Waals surface area contributed by atoms with Gasteiger partial charge in [0.25, 0.3) is 5.91 Å². The van der Waals surface area contributed by atoms with Gasteiger partial charge in [0.1, 0.15) is 0 Å². The average Bonchev–Trinajstić information content (AvgIpc) is 3.53. The van der Waals surface area contributed by atoms with Crippen molar-refractivity contribution < 1.29 is 4.79 Å². The molecular formula is C27H29N5O. The van der Waals surface area contributed by atoms with Crippen molar-refractivity contribution in [2.45, 2.75) is 39.7 Å². The minimum atomic E-state index is -0.0117. The molecule has 6 heteroatoms. The fourth-order valence-electron chi connectivity index (χ4n) is 3.89. The van der Waals surface area contributed by atoms with Crippen LogP contribution in [0.5, 0.6) is 0 Å². The van der Waals surface area contributed by atoms with E-state index < -0.39 is 0 Å². The first-order chi connectivity index (χ1) is 16.0. The van der Waals surface area contributed by atoms with Crippen molar-refractivity contribution in [1.82, 2.24) is 19.9 Å². The third-order valence-electron chi connectivity index (χ3n) is 5.94. The predicted octanol–water partition coefficient (Wildman–Crippen LogP) is 5.33. The molecule has 168 valence electrons. The van der Waals surface area contributed by atoms with E-state index in [1.165, 1.54) is 5.56 Å². The Morgan fingerprint density at radius 2 is 1.88 bits per heavy atom. The molecular weight excluding hydrogens is 410 g/mol. The number of nitrogens with one attached hydrogen (secondary N) is 2. The number of rotatable bonds is 7. The Balaban J connectivity index is 1.56. The molecule has 0 atom stereocenters.